The number of amides is 2. The number of ether oxygens (including phenoxy) is 2. The number of hydrazone groups is 1. The summed E-state index contributed by atoms with van der Waals surface area (Å²) in [5, 5.41) is 6.39. The summed E-state index contributed by atoms with van der Waals surface area (Å²) in [5.74, 6) is -1.01. The maximum Gasteiger partial charge on any atom is 0.329 e. The van der Waals surface area contributed by atoms with Crippen LogP contribution in [-0.2, 0) is 16.2 Å². The predicted octanol–water partition coefficient (Wildman–Crippen LogP) is 4.51. The Kier molecular flexibility index (Phi) is 8.34. The fourth-order valence-electron chi connectivity index (χ4n) is 2.96. The number of carbonyl (C=O) groups excluding carboxylic acids is 2. The molecule has 0 aliphatic rings. The molecule has 0 unspecified atom stereocenters. The third-order valence-electron chi connectivity index (χ3n) is 4.93. The second-order valence-electron chi connectivity index (χ2n) is 7.51. The summed E-state index contributed by atoms with van der Waals surface area (Å²) in [4.78, 5) is 24.1. The van der Waals surface area contributed by atoms with E-state index in [-0.39, 0.29) is 12.4 Å². The van der Waals surface area contributed by atoms with Crippen molar-refractivity contribution in [1.82, 2.24) is 5.43 Å². The molecule has 2 amide bonds. The molecule has 0 aliphatic carbocycles. The van der Waals surface area contributed by atoms with Gasteiger partial charge >= 0.3 is 11.8 Å². The Bertz CT molecular complexity index is 1190. The topological polar surface area (TPSA) is 89.0 Å². The van der Waals surface area contributed by atoms with Gasteiger partial charge < -0.3 is 14.8 Å². The quantitative estimate of drug-likeness (QED) is 0.292. The van der Waals surface area contributed by atoms with Gasteiger partial charge in [-0.2, -0.15) is 5.10 Å². The predicted molar refractivity (Wildman–Crippen MR) is 129 cm³/mol. The Morgan fingerprint density at radius 3 is 2.38 bits per heavy atom. The van der Waals surface area contributed by atoms with Crippen LogP contribution in [0.1, 0.15) is 29.2 Å². The summed E-state index contributed by atoms with van der Waals surface area (Å²) >= 11 is 0. The SMILES string of the molecule is CCOc1cc(C=NNC(=O)C(=O)Nc2ccc(C)c(C)c2)ccc1OCc1ccc(F)cc1. The average molecular weight is 464 g/mol. The minimum Gasteiger partial charge on any atom is -0.490 e. The first-order valence-corrected chi connectivity index (χ1v) is 10.7. The fraction of sp³-hybridized carbons (Fsp3) is 0.192. The molecule has 0 bridgehead atoms. The lowest BCUT2D eigenvalue weighted by atomic mass is 10.1. The van der Waals surface area contributed by atoms with E-state index < -0.39 is 11.8 Å². The maximum absolute atomic E-state index is 13.1. The van der Waals surface area contributed by atoms with Gasteiger partial charge in [0.15, 0.2) is 11.5 Å². The number of aryl methyl sites for hydroxylation is 2. The number of hydrogen-bond acceptors (Lipinski definition) is 5. The van der Waals surface area contributed by atoms with Gasteiger partial charge in [-0.3, -0.25) is 9.59 Å². The zero-order valence-corrected chi connectivity index (χ0v) is 19.2. The summed E-state index contributed by atoms with van der Waals surface area (Å²) in [6, 6.07) is 16.6. The molecule has 0 fully saturated rings. The van der Waals surface area contributed by atoms with Crippen molar-refractivity contribution in [3.05, 3.63) is 88.7 Å². The molecule has 0 saturated heterocycles. The molecule has 2 N–H and O–H groups in total. The van der Waals surface area contributed by atoms with E-state index in [2.05, 4.69) is 15.8 Å². The van der Waals surface area contributed by atoms with Crippen LogP contribution in [-0.4, -0.2) is 24.6 Å². The van der Waals surface area contributed by atoms with Gasteiger partial charge in [-0.25, -0.2) is 9.82 Å². The van der Waals surface area contributed by atoms with E-state index in [0.717, 1.165) is 16.7 Å². The Balaban J connectivity index is 1.59. The summed E-state index contributed by atoms with van der Waals surface area (Å²) in [7, 11) is 0. The Hall–Kier alpha value is -4.20. The lowest BCUT2D eigenvalue weighted by Gasteiger charge is -2.12. The maximum atomic E-state index is 13.1. The molecule has 3 aromatic carbocycles. The summed E-state index contributed by atoms with van der Waals surface area (Å²) in [5.41, 5.74) is 6.28. The first kappa shape index (κ1) is 24.4. The van der Waals surface area contributed by atoms with E-state index in [4.69, 9.17) is 9.47 Å². The van der Waals surface area contributed by atoms with Crippen LogP contribution < -0.4 is 20.2 Å². The minimum absolute atomic E-state index is 0.249. The highest BCUT2D eigenvalue weighted by molar-refractivity contribution is 6.39. The molecule has 7 nitrogen and oxygen atoms in total. The summed E-state index contributed by atoms with van der Waals surface area (Å²) in [6.07, 6.45) is 1.40. The lowest BCUT2D eigenvalue weighted by Crippen LogP contribution is -2.32. The zero-order chi connectivity index (χ0) is 24.5. The van der Waals surface area contributed by atoms with Crippen molar-refractivity contribution in [2.24, 2.45) is 5.10 Å². The molecule has 0 heterocycles. The highest BCUT2D eigenvalue weighted by Crippen LogP contribution is 2.29. The molecule has 0 atom stereocenters. The standard InChI is InChI=1S/C26H26FN3O4/c1-4-33-24-14-20(8-12-23(24)34-16-19-6-9-21(27)10-7-19)15-28-30-26(32)25(31)29-22-11-5-17(2)18(3)13-22/h5-15H,4,16H2,1-3H3,(H,29,31)(H,30,32). The van der Waals surface area contributed by atoms with Crippen LogP contribution in [0, 0.1) is 19.7 Å². The summed E-state index contributed by atoms with van der Waals surface area (Å²) in [6.45, 7) is 6.40. The van der Waals surface area contributed by atoms with Crippen LogP contribution in [0.5, 0.6) is 11.5 Å². The third-order valence-corrected chi connectivity index (χ3v) is 4.93. The molecule has 34 heavy (non-hydrogen) atoms. The van der Waals surface area contributed by atoms with Crippen LogP contribution in [0.3, 0.4) is 0 Å². The van der Waals surface area contributed by atoms with Gasteiger partial charge in [0.25, 0.3) is 0 Å². The monoisotopic (exact) mass is 463 g/mol. The van der Waals surface area contributed by atoms with Gasteiger partial charge in [0.2, 0.25) is 0 Å². The number of nitrogens with zero attached hydrogens (tertiary/aromatic N) is 1. The van der Waals surface area contributed by atoms with Gasteiger partial charge in [-0.1, -0.05) is 18.2 Å². The number of carbonyl (C=O) groups is 2. The molecule has 0 spiro atoms. The third kappa shape index (κ3) is 6.90. The van der Waals surface area contributed by atoms with Crippen LogP contribution in [0.2, 0.25) is 0 Å². The van der Waals surface area contributed by atoms with Crippen molar-refractivity contribution >= 4 is 23.7 Å². The number of halogens is 1. The molecule has 3 rings (SSSR count). The van der Waals surface area contributed by atoms with E-state index in [1.165, 1.54) is 18.3 Å². The van der Waals surface area contributed by atoms with Gasteiger partial charge in [0.05, 0.1) is 12.8 Å². The Morgan fingerprint density at radius 1 is 0.912 bits per heavy atom. The van der Waals surface area contributed by atoms with Crippen LogP contribution in [0.4, 0.5) is 10.1 Å². The number of nitrogens with one attached hydrogen (secondary N) is 2. The largest absolute Gasteiger partial charge is 0.490 e. The van der Waals surface area contributed by atoms with Crippen LogP contribution >= 0.6 is 0 Å². The van der Waals surface area contributed by atoms with Crippen molar-refractivity contribution in [3.8, 4) is 11.5 Å². The molecule has 0 saturated carbocycles. The van der Waals surface area contributed by atoms with Crippen molar-refractivity contribution in [3.63, 3.8) is 0 Å². The lowest BCUT2D eigenvalue weighted by molar-refractivity contribution is -0.136. The second-order valence-corrected chi connectivity index (χ2v) is 7.51. The van der Waals surface area contributed by atoms with Crippen LogP contribution in [0.25, 0.3) is 0 Å². The van der Waals surface area contributed by atoms with Crippen molar-refractivity contribution in [2.45, 2.75) is 27.4 Å². The molecule has 176 valence electrons. The van der Waals surface area contributed by atoms with E-state index in [0.29, 0.717) is 29.4 Å². The average Bonchev–Trinajstić information content (AvgIpc) is 2.82. The van der Waals surface area contributed by atoms with Crippen molar-refractivity contribution < 1.29 is 23.5 Å². The molecule has 8 heteroatoms. The molecule has 3 aromatic rings. The van der Waals surface area contributed by atoms with Gasteiger partial charge in [-0.05, 0) is 85.5 Å². The number of hydrogen-bond donors (Lipinski definition) is 2. The Labute approximate surface area is 197 Å². The fourth-order valence-corrected chi connectivity index (χ4v) is 2.96. The van der Waals surface area contributed by atoms with Gasteiger partial charge in [0.1, 0.15) is 12.4 Å². The molecule has 0 aliphatic heterocycles. The second kappa shape index (κ2) is 11.6. The van der Waals surface area contributed by atoms with E-state index >= 15 is 0 Å². The first-order valence-electron chi connectivity index (χ1n) is 10.7. The van der Waals surface area contributed by atoms with Gasteiger partial charge in [0, 0.05) is 5.69 Å². The Morgan fingerprint density at radius 2 is 1.68 bits per heavy atom. The van der Waals surface area contributed by atoms with Crippen molar-refractivity contribution in [2.75, 3.05) is 11.9 Å². The zero-order valence-electron chi connectivity index (χ0n) is 19.2. The molecule has 0 radical (unpaired) electrons. The molecular formula is C26H26FN3O4. The minimum atomic E-state index is -0.890. The highest BCUT2D eigenvalue weighted by atomic mass is 19.1. The van der Waals surface area contributed by atoms with E-state index in [9.17, 15) is 14.0 Å². The first-order chi connectivity index (χ1) is 16.4. The highest BCUT2D eigenvalue weighted by Gasteiger charge is 2.13. The smallest absolute Gasteiger partial charge is 0.329 e. The number of rotatable bonds is 8. The number of benzene rings is 3. The summed E-state index contributed by atoms with van der Waals surface area (Å²) < 4.78 is 24.5. The van der Waals surface area contributed by atoms with E-state index in [1.54, 1.807) is 42.5 Å². The number of anilines is 1. The van der Waals surface area contributed by atoms with Crippen LogP contribution in [0.15, 0.2) is 65.8 Å². The van der Waals surface area contributed by atoms with Crippen molar-refractivity contribution in [1.29, 1.82) is 0 Å². The molecule has 0 aromatic heterocycles. The molecular weight excluding hydrogens is 437 g/mol. The van der Waals surface area contributed by atoms with E-state index in [1.807, 2.05) is 26.8 Å². The van der Waals surface area contributed by atoms with Gasteiger partial charge in [-0.15, -0.1) is 0 Å². The normalized spacial score (nSPS) is 10.7.